The van der Waals surface area contributed by atoms with Crippen molar-refractivity contribution in [3.05, 3.63) is 29.8 Å². The van der Waals surface area contributed by atoms with E-state index >= 15 is 8.42 Å². The van der Waals surface area contributed by atoms with Crippen molar-refractivity contribution >= 4 is 57.8 Å². The average molecular weight is 874 g/mol. The van der Waals surface area contributed by atoms with Crippen molar-refractivity contribution in [2.75, 3.05) is 13.7 Å². The van der Waals surface area contributed by atoms with Gasteiger partial charge in [-0.3, -0.25) is 38.4 Å². The van der Waals surface area contributed by atoms with Gasteiger partial charge in [0.15, 0.2) is 42.9 Å². The van der Waals surface area contributed by atoms with Crippen LogP contribution in [0, 0.1) is 6.92 Å². The molecule has 334 valence electrons. The smallest absolute Gasteiger partial charge is 0.303 e. The number of methoxy groups -OCH3 is 1. The van der Waals surface area contributed by atoms with Crippen molar-refractivity contribution in [1.29, 1.82) is 0 Å². The van der Waals surface area contributed by atoms with Crippen molar-refractivity contribution in [1.82, 2.24) is 4.31 Å². The number of aryl methyl sites for hydroxylation is 1. The van der Waals surface area contributed by atoms with Crippen molar-refractivity contribution in [3.63, 3.8) is 0 Å². The molecule has 0 saturated carbocycles. The summed E-state index contributed by atoms with van der Waals surface area (Å²) in [5.41, 5.74) is 0.659. The minimum absolute atomic E-state index is 0.343. The Bertz CT molecular complexity index is 1870. The molecule has 1 aromatic carbocycles. The van der Waals surface area contributed by atoms with Crippen LogP contribution in [0.1, 0.15) is 73.8 Å². The molecule has 2 aliphatic heterocycles. The second-order valence-electron chi connectivity index (χ2n) is 14.0. The highest BCUT2D eigenvalue weighted by Crippen LogP contribution is 2.42. The Hall–Kier alpha value is -5.19. The molecule has 0 amide bonds. The summed E-state index contributed by atoms with van der Waals surface area (Å²) in [5.74, 6) is -7.45. The number of sulfonamides is 1. The monoisotopic (exact) mass is 873 g/mol. The fraction of sp³-hybridized carbons (Fsp3) is 0.632. The van der Waals surface area contributed by atoms with E-state index in [0.717, 1.165) is 66.8 Å². The first-order valence-corrected chi connectivity index (χ1v) is 20.0. The van der Waals surface area contributed by atoms with Gasteiger partial charge in [0, 0.05) is 68.9 Å². The SMILES string of the molecule is CO[C@H]1O[C@H](C[C@@H]2[C@H](OC(C)=O)[C@@H](OC(C)=O)[C@@H](OC(C)=O)[C@H](C[C@H](COC(C)=O)OC(C)=O)N2S(=O)(=O)c2ccc(C)cc2)[C@@H](OC(C)=O)[C@H](OC(C)=O)[C@@H]1OC(C)=O. The minimum atomic E-state index is -4.93. The zero-order valence-corrected chi connectivity index (χ0v) is 35.6. The second-order valence-corrected chi connectivity index (χ2v) is 15.9. The van der Waals surface area contributed by atoms with Crippen molar-refractivity contribution in [2.24, 2.45) is 0 Å². The molecular weight excluding hydrogens is 822 g/mol. The maximum absolute atomic E-state index is 15.3. The Balaban J connectivity index is 2.50. The van der Waals surface area contributed by atoms with Gasteiger partial charge in [-0.05, 0) is 25.5 Å². The first kappa shape index (κ1) is 49.2. The van der Waals surface area contributed by atoms with Crippen LogP contribution < -0.4 is 0 Å². The molecule has 0 bridgehead atoms. The molecule has 3 rings (SSSR count). The topological polar surface area (TPSA) is 266 Å². The van der Waals surface area contributed by atoms with Crippen molar-refractivity contribution < 1.29 is 94.1 Å². The molecule has 11 atom stereocenters. The Morgan fingerprint density at radius 3 is 1.48 bits per heavy atom. The molecule has 0 unspecified atom stereocenters. The highest BCUT2D eigenvalue weighted by atomic mass is 32.2. The summed E-state index contributed by atoms with van der Waals surface area (Å²) in [6.07, 6.45) is -16.3. The predicted octanol–water partition coefficient (Wildman–Crippen LogP) is 0.973. The normalized spacial score (nSPS) is 27.2. The summed E-state index contributed by atoms with van der Waals surface area (Å²) in [4.78, 5) is 100. The van der Waals surface area contributed by atoms with Crippen molar-refractivity contribution in [3.8, 4) is 0 Å². The summed E-state index contributed by atoms with van der Waals surface area (Å²) >= 11 is 0. The van der Waals surface area contributed by atoms with Crippen LogP contribution in [0.5, 0.6) is 0 Å². The second kappa shape index (κ2) is 21.4. The van der Waals surface area contributed by atoms with E-state index in [4.69, 9.17) is 47.4 Å². The zero-order valence-electron chi connectivity index (χ0n) is 34.8. The standard InChI is InChI=1S/C38H51NO20S/c1-18-11-13-28(14-12-18)60(48,49)39-29(15-27(52-20(3)41)17-51-19(2)40)32(53-21(4)42)35(56-24(7)45)33(54-22(5)43)30(39)16-31-34(55-23(6)44)36(57-25(8)46)37(58-26(9)47)38(50-10)59-31/h11-14,27,29-38H,15-17H2,1-10H3/t27-,29+,30-,31-,32+,33+,34-,35+,36+,37+,38+/m1/s1. The van der Waals surface area contributed by atoms with Gasteiger partial charge in [-0.1, -0.05) is 17.7 Å². The Kier molecular flexibility index (Phi) is 17.5. The maximum Gasteiger partial charge on any atom is 0.303 e. The number of carbonyl (C=O) groups excluding carboxylic acids is 8. The molecule has 22 heteroatoms. The van der Waals surface area contributed by atoms with Gasteiger partial charge in [0.25, 0.3) is 0 Å². The number of hydrogen-bond acceptors (Lipinski definition) is 20. The largest absolute Gasteiger partial charge is 0.462 e. The van der Waals surface area contributed by atoms with Crippen LogP contribution in [-0.2, 0) is 95.7 Å². The van der Waals surface area contributed by atoms with Crippen LogP contribution in [0.3, 0.4) is 0 Å². The third kappa shape index (κ3) is 13.2. The van der Waals surface area contributed by atoms with Gasteiger partial charge < -0.3 is 47.4 Å². The van der Waals surface area contributed by atoms with E-state index < -0.39 is 144 Å². The molecule has 2 heterocycles. The molecule has 0 radical (unpaired) electrons. The van der Waals surface area contributed by atoms with Crippen LogP contribution in [0.25, 0.3) is 0 Å². The van der Waals surface area contributed by atoms with E-state index in [-0.39, 0.29) is 4.90 Å². The first-order valence-electron chi connectivity index (χ1n) is 18.6. The summed E-state index contributed by atoms with van der Waals surface area (Å²) in [5, 5.41) is 0. The number of piperidine rings is 1. The van der Waals surface area contributed by atoms with E-state index in [1.165, 1.54) is 24.3 Å². The molecule has 0 N–H and O–H groups in total. The van der Waals surface area contributed by atoms with Gasteiger partial charge in [-0.2, -0.15) is 4.31 Å². The molecule has 0 aromatic heterocycles. The lowest BCUT2D eigenvalue weighted by atomic mass is 9.83. The van der Waals surface area contributed by atoms with E-state index in [1.807, 2.05) is 0 Å². The van der Waals surface area contributed by atoms with Gasteiger partial charge in [-0.25, -0.2) is 8.42 Å². The molecule has 0 aliphatic carbocycles. The number of esters is 8. The lowest BCUT2D eigenvalue weighted by molar-refractivity contribution is -0.302. The summed E-state index contributed by atoms with van der Waals surface area (Å²) in [7, 11) is -3.78. The number of nitrogens with zero attached hydrogens (tertiary/aromatic N) is 1. The molecule has 1 aromatic rings. The predicted molar refractivity (Wildman–Crippen MR) is 198 cm³/mol. The van der Waals surface area contributed by atoms with E-state index in [2.05, 4.69) is 0 Å². The Labute approximate surface area is 346 Å². The van der Waals surface area contributed by atoms with Crippen molar-refractivity contribution in [2.45, 2.75) is 147 Å². The zero-order chi connectivity index (χ0) is 45.2. The van der Waals surface area contributed by atoms with E-state index in [9.17, 15) is 38.4 Å². The molecule has 2 saturated heterocycles. The fourth-order valence-corrected chi connectivity index (χ4v) is 9.01. The molecule has 2 fully saturated rings. The third-order valence-corrected chi connectivity index (χ3v) is 11.0. The first-order chi connectivity index (χ1) is 28.0. The van der Waals surface area contributed by atoms with Crippen LogP contribution in [-0.4, -0.2) is 141 Å². The Morgan fingerprint density at radius 2 is 1.03 bits per heavy atom. The van der Waals surface area contributed by atoms with Gasteiger partial charge in [0.1, 0.15) is 18.8 Å². The average Bonchev–Trinajstić information content (AvgIpc) is 3.11. The third-order valence-electron chi connectivity index (χ3n) is 9.08. The van der Waals surface area contributed by atoms with Crippen LogP contribution in [0.2, 0.25) is 0 Å². The highest BCUT2D eigenvalue weighted by Gasteiger charge is 2.61. The van der Waals surface area contributed by atoms with Gasteiger partial charge in [0.2, 0.25) is 10.0 Å². The lowest BCUT2D eigenvalue weighted by Gasteiger charge is -2.52. The van der Waals surface area contributed by atoms with Crippen LogP contribution in [0.15, 0.2) is 29.2 Å². The lowest BCUT2D eigenvalue weighted by Crippen LogP contribution is -2.71. The highest BCUT2D eigenvalue weighted by molar-refractivity contribution is 7.89. The van der Waals surface area contributed by atoms with Crippen LogP contribution in [0.4, 0.5) is 0 Å². The summed E-state index contributed by atoms with van der Waals surface area (Å²) in [6, 6.07) is 2.02. The molecular formula is C38H51NO20S. The molecule has 2 aliphatic rings. The Morgan fingerprint density at radius 1 is 0.600 bits per heavy atom. The van der Waals surface area contributed by atoms with Gasteiger partial charge >= 0.3 is 47.8 Å². The van der Waals surface area contributed by atoms with Crippen LogP contribution >= 0.6 is 0 Å². The summed E-state index contributed by atoms with van der Waals surface area (Å²) < 4.78 is 87.3. The van der Waals surface area contributed by atoms with E-state index in [0.29, 0.717) is 5.56 Å². The van der Waals surface area contributed by atoms with Gasteiger partial charge in [-0.15, -0.1) is 0 Å². The van der Waals surface area contributed by atoms with Gasteiger partial charge in [0.05, 0.1) is 17.0 Å². The molecule has 60 heavy (non-hydrogen) atoms. The number of benzene rings is 1. The number of carbonyl (C=O) groups is 8. The maximum atomic E-state index is 15.3. The molecule has 21 nitrogen and oxygen atoms in total. The fourth-order valence-electron chi connectivity index (χ4n) is 7.16. The molecule has 0 spiro atoms. The summed E-state index contributed by atoms with van der Waals surface area (Å²) in [6.45, 7) is 9.21. The minimum Gasteiger partial charge on any atom is -0.462 e. The van der Waals surface area contributed by atoms with E-state index in [1.54, 1.807) is 6.92 Å². The number of hydrogen-bond donors (Lipinski definition) is 0. The quantitative estimate of drug-likeness (QED) is 0.165. The number of ether oxygens (including phenoxy) is 10. The number of rotatable bonds is 16.